The third-order valence-corrected chi connectivity index (χ3v) is 2.47. The molecule has 0 fully saturated rings. The Labute approximate surface area is 96.1 Å². The van der Waals surface area contributed by atoms with Gasteiger partial charge >= 0.3 is 0 Å². The highest BCUT2D eigenvalue weighted by Crippen LogP contribution is 2.16. The molecular formula is C13H16N3. The zero-order valence-electron chi connectivity index (χ0n) is 9.72. The molecule has 1 aromatic carbocycles. The van der Waals surface area contributed by atoms with E-state index in [2.05, 4.69) is 35.6 Å². The average molecular weight is 214 g/mol. The van der Waals surface area contributed by atoms with Gasteiger partial charge in [-0.1, -0.05) is 32.0 Å². The molecule has 1 radical (unpaired) electrons. The number of rotatable bonds is 4. The first-order valence-electron chi connectivity index (χ1n) is 5.62. The van der Waals surface area contributed by atoms with Crippen molar-refractivity contribution < 1.29 is 0 Å². The highest BCUT2D eigenvalue weighted by molar-refractivity contribution is 5.56. The van der Waals surface area contributed by atoms with E-state index < -0.39 is 0 Å². The van der Waals surface area contributed by atoms with Gasteiger partial charge in [-0.2, -0.15) is 5.10 Å². The smallest absolute Gasteiger partial charge is 0.181 e. The fourth-order valence-electron chi connectivity index (χ4n) is 1.62. The number of aromatic nitrogens is 3. The van der Waals surface area contributed by atoms with E-state index in [9.17, 15) is 0 Å². The van der Waals surface area contributed by atoms with E-state index in [1.54, 1.807) is 6.33 Å². The van der Waals surface area contributed by atoms with Crippen LogP contribution in [-0.2, 0) is 6.54 Å². The van der Waals surface area contributed by atoms with E-state index in [4.69, 9.17) is 0 Å². The van der Waals surface area contributed by atoms with Crippen LogP contribution in [0.5, 0.6) is 0 Å². The molecule has 0 atom stereocenters. The van der Waals surface area contributed by atoms with E-state index in [-0.39, 0.29) is 0 Å². The number of hydrogen-bond acceptors (Lipinski definition) is 2. The van der Waals surface area contributed by atoms with Gasteiger partial charge in [-0.05, 0) is 24.5 Å². The van der Waals surface area contributed by atoms with Crippen molar-refractivity contribution in [3.63, 3.8) is 0 Å². The summed E-state index contributed by atoms with van der Waals surface area (Å²) in [7, 11) is 0. The van der Waals surface area contributed by atoms with E-state index >= 15 is 0 Å². The van der Waals surface area contributed by atoms with E-state index in [0.29, 0.717) is 0 Å². The molecule has 2 aromatic rings. The molecule has 3 heteroatoms. The number of nitrogens with zero attached hydrogens (tertiary/aromatic N) is 3. The molecule has 0 amide bonds. The standard InChI is InChI=1S/C13H16N3/c1-3-8-16-10-14-13(15-16)12-7-5-6-11(4-2)9-12/h4-7,9-10H,3,8H2,1-2H3. The van der Waals surface area contributed by atoms with Crippen molar-refractivity contribution in [2.24, 2.45) is 0 Å². The van der Waals surface area contributed by atoms with Crippen molar-refractivity contribution in [2.75, 3.05) is 0 Å². The van der Waals surface area contributed by atoms with Crippen molar-refractivity contribution in [1.29, 1.82) is 0 Å². The van der Waals surface area contributed by atoms with Gasteiger partial charge in [0.2, 0.25) is 0 Å². The molecule has 0 unspecified atom stereocenters. The molecule has 3 nitrogen and oxygen atoms in total. The Hall–Kier alpha value is -1.64. The minimum atomic E-state index is 0.803. The second-order valence-corrected chi connectivity index (χ2v) is 3.75. The van der Waals surface area contributed by atoms with Crippen LogP contribution in [0.3, 0.4) is 0 Å². The quantitative estimate of drug-likeness (QED) is 0.783. The van der Waals surface area contributed by atoms with Crippen molar-refractivity contribution >= 4 is 0 Å². The SMILES string of the molecule is C[CH]c1cccc(-c2ncn(CCC)n2)c1. The molecule has 2 rings (SSSR count). The van der Waals surface area contributed by atoms with Gasteiger partial charge in [-0.15, -0.1) is 0 Å². The summed E-state index contributed by atoms with van der Waals surface area (Å²) >= 11 is 0. The summed E-state index contributed by atoms with van der Waals surface area (Å²) in [5.41, 5.74) is 2.27. The topological polar surface area (TPSA) is 30.7 Å². The molecule has 0 spiro atoms. The maximum Gasteiger partial charge on any atom is 0.181 e. The van der Waals surface area contributed by atoms with Crippen LogP contribution in [0.4, 0.5) is 0 Å². The summed E-state index contributed by atoms with van der Waals surface area (Å²) < 4.78 is 1.89. The molecule has 0 bridgehead atoms. The van der Waals surface area contributed by atoms with Crippen LogP contribution >= 0.6 is 0 Å². The van der Waals surface area contributed by atoms with Gasteiger partial charge in [0.05, 0.1) is 0 Å². The Morgan fingerprint density at radius 2 is 2.25 bits per heavy atom. The molecule has 0 aliphatic heterocycles. The zero-order valence-corrected chi connectivity index (χ0v) is 9.72. The van der Waals surface area contributed by atoms with Gasteiger partial charge in [0, 0.05) is 12.1 Å². The van der Waals surface area contributed by atoms with E-state index in [1.807, 2.05) is 23.7 Å². The molecule has 0 aliphatic carbocycles. The Balaban J connectivity index is 2.27. The van der Waals surface area contributed by atoms with Crippen LogP contribution in [0.25, 0.3) is 11.4 Å². The van der Waals surface area contributed by atoms with Gasteiger partial charge in [-0.3, -0.25) is 4.68 Å². The maximum absolute atomic E-state index is 4.44. The van der Waals surface area contributed by atoms with E-state index in [1.165, 1.54) is 5.56 Å². The first kappa shape index (κ1) is 10.9. The number of hydrogen-bond donors (Lipinski definition) is 0. The predicted octanol–water partition coefficient (Wildman–Crippen LogP) is 2.93. The predicted molar refractivity (Wildman–Crippen MR) is 64.8 cm³/mol. The van der Waals surface area contributed by atoms with Crippen LogP contribution in [0.15, 0.2) is 30.6 Å². The zero-order chi connectivity index (χ0) is 11.4. The van der Waals surface area contributed by atoms with Gasteiger partial charge in [0.15, 0.2) is 5.82 Å². The minimum absolute atomic E-state index is 0.803. The average Bonchev–Trinajstić information content (AvgIpc) is 2.78. The van der Waals surface area contributed by atoms with Crippen LogP contribution in [0.2, 0.25) is 0 Å². The highest BCUT2D eigenvalue weighted by Gasteiger charge is 2.03. The fourth-order valence-corrected chi connectivity index (χ4v) is 1.62. The third kappa shape index (κ3) is 2.30. The third-order valence-electron chi connectivity index (χ3n) is 2.47. The normalized spacial score (nSPS) is 10.6. The molecule has 16 heavy (non-hydrogen) atoms. The van der Waals surface area contributed by atoms with Crippen LogP contribution < -0.4 is 0 Å². The molecule has 1 heterocycles. The second-order valence-electron chi connectivity index (χ2n) is 3.75. The lowest BCUT2D eigenvalue weighted by Gasteiger charge is -1.99. The lowest BCUT2D eigenvalue weighted by Crippen LogP contribution is -1.96. The summed E-state index contributed by atoms with van der Waals surface area (Å²) in [5, 5.41) is 4.44. The van der Waals surface area contributed by atoms with E-state index in [0.717, 1.165) is 24.4 Å². The summed E-state index contributed by atoms with van der Waals surface area (Å²) in [6, 6.07) is 8.25. The van der Waals surface area contributed by atoms with Gasteiger partial charge in [-0.25, -0.2) is 4.98 Å². The van der Waals surface area contributed by atoms with Crippen LogP contribution in [-0.4, -0.2) is 14.8 Å². The lowest BCUT2D eigenvalue weighted by atomic mass is 10.1. The minimum Gasteiger partial charge on any atom is -0.252 e. The molecule has 83 valence electrons. The van der Waals surface area contributed by atoms with Crippen LogP contribution in [0, 0.1) is 6.42 Å². The molecule has 1 aromatic heterocycles. The Bertz CT molecular complexity index is 460. The molecular weight excluding hydrogens is 198 g/mol. The summed E-state index contributed by atoms with van der Waals surface area (Å²) in [6.45, 7) is 5.09. The fraction of sp³-hybridized carbons (Fsp3) is 0.308. The Kier molecular flexibility index (Phi) is 3.34. The molecule has 0 saturated carbocycles. The van der Waals surface area contributed by atoms with Gasteiger partial charge in [0.1, 0.15) is 6.33 Å². The monoisotopic (exact) mass is 214 g/mol. The number of benzene rings is 1. The maximum atomic E-state index is 4.44. The number of aryl methyl sites for hydroxylation is 1. The van der Waals surface area contributed by atoms with Crippen molar-refractivity contribution in [3.05, 3.63) is 42.6 Å². The van der Waals surface area contributed by atoms with Crippen molar-refractivity contribution in [1.82, 2.24) is 14.8 Å². The summed E-state index contributed by atoms with van der Waals surface area (Å²) in [6.07, 6.45) is 4.94. The van der Waals surface area contributed by atoms with Gasteiger partial charge < -0.3 is 0 Å². The Morgan fingerprint density at radius 1 is 1.38 bits per heavy atom. The lowest BCUT2D eigenvalue weighted by molar-refractivity contribution is 0.602. The summed E-state index contributed by atoms with van der Waals surface area (Å²) in [5.74, 6) is 0.803. The first-order chi connectivity index (χ1) is 7.83. The first-order valence-corrected chi connectivity index (χ1v) is 5.62. The Morgan fingerprint density at radius 3 is 3.00 bits per heavy atom. The van der Waals surface area contributed by atoms with Gasteiger partial charge in [0.25, 0.3) is 0 Å². The molecule has 0 N–H and O–H groups in total. The van der Waals surface area contributed by atoms with Crippen LogP contribution in [0.1, 0.15) is 25.8 Å². The summed E-state index contributed by atoms with van der Waals surface area (Å²) in [4.78, 5) is 4.32. The highest BCUT2D eigenvalue weighted by atomic mass is 15.3. The van der Waals surface area contributed by atoms with Crippen molar-refractivity contribution in [3.8, 4) is 11.4 Å². The molecule has 0 saturated heterocycles. The van der Waals surface area contributed by atoms with Crippen molar-refractivity contribution in [2.45, 2.75) is 26.8 Å². The molecule has 0 aliphatic rings. The second kappa shape index (κ2) is 4.92. The largest absolute Gasteiger partial charge is 0.252 e.